The van der Waals surface area contributed by atoms with Gasteiger partial charge in [0.05, 0.1) is 11.6 Å². The SMILES string of the molecule is CN1CCN(C(=O)c2cncc(Br)c2)C(c2ccccc2)C1. The third kappa shape index (κ3) is 3.20. The van der Waals surface area contributed by atoms with Crippen molar-refractivity contribution in [2.45, 2.75) is 6.04 Å². The molecule has 114 valence electrons. The maximum Gasteiger partial charge on any atom is 0.256 e. The van der Waals surface area contributed by atoms with Crippen molar-refractivity contribution in [3.63, 3.8) is 0 Å². The van der Waals surface area contributed by atoms with Crippen LogP contribution in [0, 0.1) is 0 Å². The molecular formula is C17H18BrN3O. The summed E-state index contributed by atoms with van der Waals surface area (Å²) in [4.78, 5) is 21.2. The van der Waals surface area contributed by atoms with Gasteiger partial charge in [-0.2, -0.15) is 0 Å². The number of halogens is 1. The van der Waals surface area contributed by atoms with E-state index < -0.39 is 0 Å². The van der Waals surface area contributed by atoms with Gasteiger partial charge in [-0.05, 0) is 34.6 Å². The van der Waals surface area contributed by atoms with E-state index in [4.69, 9.17) is 0 Å². The lowest BCUT2D eigenvalue weighted by Crippen LogP contribution is -2.49. The molecule has 1 aromatic heterocycles. The Hall–Kier alpha value is -1.72. The van der Waals surface area contributed by atoms with E-state index in [2.05, 4.69) is 45.0 Å². The first-order valence-corrected chi connectivity index (χ1v) is 8.09. The molecule has 1 amide bonds. The quantitative estimate of drug-likeness (QED) is 0.826. The fourth-order valence-electron chi connectivity index (χ4n) is 2.82. The average Bonchev–Trinajstić information content (AvgIpc) is 2.55. The van der Waals surface area contributed by atoms with Crippen molar-refractivity contribution >= 4 is 21.8 Å². The van der Waals surface area contributed by atoms with Crippen LogP contribution in [0.15, 0.2) is 53.3 Å². The van der Waals surface area contributed by atoms with Crippen LogP contribution >= 0.6 is 15.9 Å². The van der Waals surface area contributed by atoms with E-state index in [-0.39, 0.29) is 11.9 Å². The lowest BCUT2D eigenvalue weighted by atomic mass is 10.0. The van der Waals surface area contributed by atoms with Crippen molar-refractivity contribution in [1.29, 1.82) is 0 Å². The number of hydrogen-bond donors (Lipinski definition) is 0. The van der Waals surface area contributed by atoms with E-state index in [0.717, 1.165) is 24.1 Å². The van der Waals surface area contributed by atoms with Crippen LogP contribution in [0.3, 0.4) is 0 Å². The van der Waals surface area contributed by atoms with Gasteiger partial charge in [-0.25, -0.2) is 0 Å². The molecule has 0 aliphatic carbocycles. The Labute approximate surface area is 138 Å². The van der Waals surface area contributed by atoms with Gasteiger partial charge in [-0.3, -0.25) is 9.78 Å². The minimum atomic E-state index is 0.0377. The Morgan fingerprint density at radius 3 is 2.73 bits per heavy atom. The summed E-state index contributed by atoms with van der Waals surface area (Å²) in [7, 11) is 2.10. The Balaban J connectivity index is 1.91. The molecule has 1 atom stereocenters. The summed E-state index contributed by atoms with van der Waals surface area (Å²) >= 11 is 3.38. The Morgan fingerprint density at radius 2 is 2.00 bits per heavy atom. The van der Waals surface area contributed by atoms with Crippen molar-refractivity contribution in [2.75, 3.05) is 26.7 Å². The van der Waals surface area contributed by atoms with Gasteiger partial charge >= 0.3 is 0 Å². The van der Waals surface area contributed by atoms with Crippen LogP contribution in [-0.2, 0) is 0 Å². The second kappa shape index (κ2) is 6.58. The number of rotatable bonds is 2. The number of piperazine rings is 1. The third-order valence-corrected chi connectivity index (χ3v) is 4.41. The van der Waals surface area contributed by atoms with Crippen LogP contribution in [0.5, 0.6) is 0 Å². The minimum absolute atomic E-state index is 0.0377. The first-order valence-electron chi connectivity index (χ1n) is 7.30. The maximum atomic E-state index is 12.9. The van der Waals surface area contributed by atoms with Crippen molar-refractivity contribution in [3.05, 3.63) is 64.4 Å². The van der Waals surface area contributed by atoms with E-state index in [9.17, 15) is 4.79 Å². The van der Waals surface area contributed by atoms with E-state index in [0.29, 0.717) is 5.56 Å². The standard InChI is InChI=1S/C17H18BrN3O/c1-20-7-8-21(16(12-20)13-5-3-2-4-6-13)17(22)14-9-15(18)11-19-10-14/h2-6,9-11,16H,7-8,12H2,1H3. The second-order valence-electron chi connectivity index (χ2n) is 5.58. The Morgan fingerprint density at radius 1 is 1.23 bits per heavy atom. The number of carbonyl (C=O) groups is 1. The minimum Gasteiger partial charge on any atom is -0.329 e. The second-order valence-corrected chi connectivity index (χ2v) is 6.49. The van der Waals surface area contributed by atoms with Crippen molar-refractivity contribution < 1.29 is 4.79 Å². The van der Waals surface area contributed by atoms with Gasteiger partial charge in [0.15, 0.2) is 0 Å². The zero-order valence-corrected chi connectivity index (χ0v) is 14.0. The van der Waals surface area contributed by atoms with E-state index >= 15 is 0 Å². The van der Waals surface area contributed by atoms with Crippen LogP contribution in [-0.4, -0.2) is 47.4 Å². The van der Waals surface area contributed by atoms with Crippen molar-refractivity contribution in [2.24, 2.45) is 0 Å². The van der Waals surface area contributed by atoms with Crippen LogP contribution in [0.4, 0.5) is 0 Å². The number of aromatic nitrogens is 1. The first-order chi connectivity index (χ1) is 10.6. The summed E-state index contributed by atoms with van der Waals surface area (Å²) in [6, 6.07) is 12.1. The smallest absolute Gasteiger partial charge is 0.256 e. The molecule has 3 rings (SSSR count). The molecule has 2 aromatic rings. The van der Waals surface area contributed by atoms with Crippen LogP contribution in [0.2, 0.25) is 0 Å². The Kier molecular flexibility index (Phi) is 4.55. The molecule has 0 spiro atoms. The van der Waals surface area contributed by atoms with E-state index in [1.165, 1.54) is 5.56 Å². The highest BCUT2D eigenvalue weighted by Gasteiger charge is 2.30. The number of benzene rings is 1. The number of nitrogens with zero attached hydrogens (tertiary/aromatic N) is 3. The fraction of sp³-hybridized carbons (Fsp3) is 0.294. The third-order valence-electron chi connectivity index (χ3n) is 3.98. The number of amides is 1. The Bertz CT molecular complexity index is 662. The van der Waals surface area contributed by atoms with Gasteiger partial charge in [-0.1, -0.05) is 30.3 Å². The molecule has 2 heterocycles. The van der Waals surface area contributed by atoms with Crippen LogP contribution in [0.25, 0.3) is 0 Å². The summed E-state index contributed by atoms with van der Waals surface area (Å²) in [6.45, 7) is 2.45. The summed E-state index contributed by atoms with van der Waals surface area (Å²) < 4.78 is 0.823. The molecule has 0 bridgehead atoms. The molecule has 1 aromatic carbocycles. The molecule has 1 unspecified atom stereocenters. The van der Waals surface area contributed by atoms with Gasteiger partial charge in [0.2, 0.25) is 0 Å². The molecule has 22 heavy (non-hydrogen) atoms. The van der Waals surface area contributed by atoms with E-state index in [1.54, 1.807) is 12.4 Å². The zero-order valence-electron chi connectivity index (χ0n) is 12.4. The number of carbonyl (C=O) groups excluding carboxylic acids is 1. The topological polar surface area (TPSA) is 36.4 Å². The van der Waals surface area contributed by atoms with Crippen molar-refractivity contribution in [1.82, 2.24) is 14.8 Å². The molecular weight excluding hydrogens is 342 g/mol. The summed E-state index contributed by atoms with van der Waals surface area (Å²) in [5.41, 5.74) is 1.80. The highest BCUT2D eigenvalue weighted by atomic mass is 79.9. The van der Waals surface area contributed by atoms with Gasteiger partial charge < -0.3 is 9.80 Å². The van der Waals surface area contributed by atoms with Crippen LogP contribution < -0.4 is 0 Å². The summed E-state index contributed by atoms with van der Waals surface area (Å²) in [6.07, 6.45) is 3.32. The highest BCUT2D eigenvalue weighted by molar-refractivity contribution is 9.10. The number of hydrogen-bond acceptors (Lipinski definition) is 3. The lowest BCUT2D eigenvalue weighted by Gasteiger charge is -2.40. The monoisotopic (exact) mass is 359 g/mol. The van der Waals surface area contributed by atoms with Crippen LogP contribution in [0.1, 0.15) is 22.0 Å². The first kappa shape index (κ1) is 15.2. The number of pyridine rings is 1. The van der Waals surface area contributed by atoms with Gasteiger partial charge in [0, 0.05) is 36.5 Å². The largest absolute Gasteiger partial charge is 0.329 e. The molecule has 4 nitrogen and oxygen atoms in total. The fourth-order valence-corrected chi connectivity index (χ4v) is 3.18. The molecule has 1 fully saturated rings. The number of likely N-dealkylation sites (N-methyl/N-ethyl adjacent to an activating group) is 1. The molecule has 5 heteroatoms. The lowest BCUT2D eigenvalue weighted by molar-refractivity contribution is 0.0497. The van der Waals surface area contributed by atoms with Gasteiger partial charge in [-0.15, -0.1) is 0 Å². The molecule has 1 aliphatic heterocycles. The summed E-state index contributed by atoms with van der Waals surface area (Å²) in [5, 5.41) is 0. The van der Waals surface area contributed by atoms with Gasteiger partial charge in [0.25, 0.3) is 5.91 Å². The van der Waals surface area contributed by atoms with E-state index in [1.807, 2.05) is 29.2 Å². The van der Waals surface area contributed by atoms with Crippen molar-refractivity contribution in [3.8, 4) is 0 Å². The van der Waals surface area contributed by atoms with Gasteiger partial charge in [0.1, 0.15) is 0 Å². The maximum absolute atomic E-state index is 12.9. The summed E-state index contributed by atoms with van der Waals surface area (Å²) in [5.74, 6) is 0.0377. The molecule has 0 saturated carbocycles. The predicted molar refractivity (Wildman–Crippen MR) is 89.7 cm³/mol. The predicted octanol–water partition coefficient (Wildman–Crippen LogP) is 2.97. The molecule has 0 N–H and O–H groups in total. The highest BCUT2D eigenvalue weighted by Crippen LogP contribution is 2.26. The molecule has 1 aliphatic rings. The molecule has 0 radical (unpaired) electrons. The normalized spacial score (nSPS) is 19.2. The zero-order chi connectivity index (χ0) is 15.5. The molecule has 1 saturated heterocycles. The average molecular weight is 360 g/mol.